The highest BCUT2D eigenvalue weighted by Crippen LogP contribution is 2.42. The summed E-state index contributed by atoms with van der Waals surface area (Å²) in [5.41, 5.74) is 10.3. The molecular formula is C33H43F2N5O3. The quantitative estimate of drug-likeness (QED) is 0.132. The van der Waals surface area contributed by atoms with Crippen molar-refractivity contribution in [2.24, 2.45) is 4.99 Å². The summed E-state index contributed by atoms with van der Waals surface area (Å²) in [5, 5.41) is 5.83. The molecule has 0 fully saturated rings. The summed E-state index contributed by atoms with van der Waals surface area (Å²) in [6, 6.07) is 7.84. The molecule has 10 heteroatoms. The van der Waals surface area contributed by atoms with Crippen LogP contribution in [0.5, 0.6) is 5.75 Å². The van der Waals surface area contributed by atoms with Gasteiger partial charge in [-0.1, -0.05) is 19.6 Å². The zero-order valence-corrected chi connectivity index (χ0v) is 25.9. The number of benzene rings is 2. The number of rotatable bonds is 14. The second-order valence-electron chi connectivity index (χ2n) is 10.2. The smallest absolute Gasteiger partial charge is 0.293 e. The number of carbonyl (C=O) groups excluding carboxylic acids is 1. The number of anilines is 2. The molecule has 0 saturated heterocycles. The van der Waals surface area contributed by atoms with Crippen LogP contribution in [-0.2, 0) is 10.7 Å². The number of carbonyl (C=O) groups is 1. The number of nitrogens with two attached hydrogens (primary N) is 1. The fourth-order valence-corrected chi connectivity index (χ4v) is 5.04. The Kier molecular flexibility index (Phi) is 11.3. The highest BCUT2D eigenvalue weighted by molar-refractivity contribution is 5.99. The SMILES string of the molecule is C=CC(F)(F)c1cc(C2C(OCC)=C(C)C=C(CCNC(=O)c3cc(C=NCCC)c(N)c(OC)c3)N2C)ccc1NC. The number of methoxy groups -OCH3 is 1. The molecule has 1 aliphatic heterocycles. The van der Waals surface area contributed by atoms with Crippen LogP contribution in [0.2, 0.25) is 0 Å². The molecular weight excluding hydrogens is 552 g/mol. The fraction of sp³-hybridized carbons (Fsp3) is 0.394. The molecule has 232 valence electrons. The van der Waals surface area contributed by atoms with E-state index in [0.29, 0.717) is 71.8 Å². The average Bonchev–Trinajstić information content (AvgIpc) is 3.00. The van der Waals surface area contributed by atoms with E-state index in [4.69, 9.17) is 15.2 Å². The summed E-state index contributed by atoms with van der Waals surface area (Å²) in [5.74, 6) is -2.41. The Bertz CT molecular complexity index is 1420. The first-order chi connectivity index (χ1) is 20.5. The van der Waals surface area contributed by atoms with Crippen LogP contribution in [0.3, 0.4) is 0 Å². The minimum absolute atomic E-state index is 0.161. The average molecular weight is 596 g/mol. The van der Waals surface area contributed by atoms with Crippen molar-refractivity contribution in [1.82, 2.24) is 10.2 Å². The second-order valence-corrected chi connectivity index (χ2v) is 10.2. The Balaban J connectivity index is 1.86. The van der Waals surface area contributed by atoms with Crippen LogP contribution in [-0.4, -0.2) is 57.9 Å². The molecule has 1 unspecified atom stereocenters. The first-order valence-electron chi connectivity index (χ1n) is 14.4. The van der Waals surface area contributed by atoms with Crippen molar-refractivity contribution in [2.75, 3.05) is 52.0 Å². The summed E-state index contributed by atoms with van der Waals surface area (Å²) in [4.78, 5) is 19.5. The lowest BCUT2D eigenvalue weighted by Gasteiger charge is -2.38. The van der Waals surface area contributed by atoms with Crippen molar-refractivity contribution in [1.29, 1.82) is 0 Å². The minimum Gasteiger partial charge on any atom is -0.495 e. The first-order valence-corrected chi connectivity index (χ1v) is 14.4. The van der Waals surface area contributed by atoms with Crippen molar-refractivity contribution < 1.29 is 23.0 Å². The molecule has 4 N–H and O–H groups in total. The summed E-state index contributed by atoms with van der Waals surface area (Å²) in [6.45, 7) is 10.6. The lowest BCUT2D eigenvalue weighted by Crippen LogP contribution is -2.33. The fourth-order valence-electron chi connectivity index (χ4n) is 5.04. The van der Waals surface area contributed by atoms with Gasteiger partial charge in [-0.25, -0.2) is 0 Å². The number of nitrogen functional groups attached to an aromatic ring is 1. The van der Waals surface area contributed by atoms with Gasteiger partial charge in [0.15, 0.2) is 0 Å². The van der Waals surface area contributed by atoms with E-state index in [1.165, 1.54) is 13.2 Å². The third kappa shape index (κ3) is 7.55. The van der Waals surface area contributed by atoms with Gasteiger partial charge in [0.05, 0.1) is 19.4 Å². The number of halogens is 2. The number of ether oxygens (including phenoxy) is 2. The number of hydrogen-bond donors (Lipinski definition) is 3. The molecule has 0 aliphatic carbocycles. The van der Waals surface area contributed by atoms with E-state index >= 15 is 0 Å². The number of aliphatic imine (C=N–C) groups is 1. The number of hydrogen-bond acceptors (Lipinski definition) is 7. The Morgan fingerprint density at radius 2 is 2.00 bits per heavy atom. The molecule has 0 spiro atoms. The monoisotopic (exact) mass is 595 g/mol. The Morgan fingerprint density at radius 1 is 1.26 bits per heavy atom. The standard InChI is InChI=1S/C33H43F2N5O3/c1-8-14-38-20-24-17-23(19-28(42-7)29(24)36)32(41)39-15-13-25-16-21(4)31(43-10-3)30(40(25)6)22-11-12-27(37-5)26(18-22)33(34,35)9-2/h9,11-12,16-20,30,37H,2,8,10,13-15,36H2,1,3-7H3,(H,39,41). The van der Waals surface area contributed by atoms with E-state index in [2.05, 4.69) is 22.2 Å². The van der Waals surface area contributed by atoms with Gasteiger partial charge in [-0.3, -0.25) is 9.79 Å². The Labute approximate surface area is 253 Å². The van der Waals surface area contributed by atoms with Gasteiger partial charge in [-0.2, -0.15) is 8.78 Å². The molecule has 0 aromatic heterocycles. The maximum Gasteiger partial charge on any atom is 0.293 e. The van der Waals surface area contributed by atoms with Crippen LogP contribution < -0.4 is 21.1 Å². The van der Waals surface area contributed by atoms with Crippen molar-refractivity contribution in [3.63, 3.8) is 0 Å². The van der Waals surface area contributed by atoms with Crippen molar-refractivity contribution in [3.05, 3.63) is 88.3 Å². The highest BCUT2D eigenvalue weighted by atomic mass is 19.3. The third-order valence-electron chi connectivity index (χ3n) is 7.31. The normalized spacial score (nSPS) is 15.4. The van der Waals surface area contributed by atoms with E-state index in [0.717, 1.165) is 17.7 Å². The zero-order chi connectivity index (χ0) is 31.7. The van der Waals surface area contributed by atoms with Crippen molar-refractivity contribution in [2.45, 2.75) is 45.6 Å². The van der Waals surface area contributed by atoms with Gasteiger partial charge >= 0.3 is 0 Å². The van der Waals surface area contributed by atoms with Gasteiger partial charge in [0.2, 0.25) is 0 Å². The number of alkyl halides is 2. The second kappa shape index (κ2) is 14.7. The third-order valence-corrected chi connectivity index (χ3v) is 7.31. The molecule has 1 heterocycles. The summed E-state index contributed by atoms with van der Waals surface area (Å²) in [6.07, 6.45) is 5.70. The predicted molar refractivity (Wildman–Crippen MR) is 170 cm³/mol. The predicted octanol–water partition coefficient (Wildman–Crippen LogP) is 6.43. The lowest BCUT2D eigenvalue weighted by molar-refractivity contribution is 0.0530. The lowest BCUT2D eigenvalue weighted by atomic mass is 9.92. The van der Waals surface area contributed by atoms with Crippen LogP contribution >= 0.6 is 0 Å². The summed E-state index contributed by atoms with van der Waals surface area (Å²) in [7, 11) is 5.01. The number of allylic oxidation sites excluding steroid dienone is 3. The first kappa shape index (κ1) is 33.2. The van der Waals surface area contributed by atoms with Gasteiger partial charge in [0.1, 0.15) is 17.6 Å². The molecule has 1 amide bonds. The van der Waals surface area contributed by atoms with Crippen LogP contribution in [0.15, 0.2) is 71.1 Å². The van der Waals surface area contributed by atoms with Gasteiger partial charge in [-0.05, 0) is 67.8 Å². The van der Waals surface area contributed by atoms with E-state index in [-0.39, 0.29) is 11.5 Å². The Hall–Kier alpha value is -4.34. The molecule has 0 saturated carbocycles. The van der Waals surface area contributed by atoms with Crippen molar-refractivity contribution >= 4 is 23.5 Å². The molecule has 1 aliphatic rings. The number of likely N-dealkylation sites (N-methyl/N-ethyl adjacent to an activating group) is 1. The van der Waals surface area contributed by atoms with Gasteiger partial charge in [0, 0.05) is 67.9 Å². The van der Waals surface area contributed by atoms with Crippen LogP contribution in [0.4, 0.5) is 20.2 Å². The summed E-state index contributed by atoms with van der Waals surface area (Å²) < 4.78 is 41.1. The number of nitrogens with zero attached hydrogens (tertiary/aromatic N) is 2. The number of nitrogens with one attached hydrogen (secondary N) is 2. The van der Waals surface area contributed by atoms with Gasteiger partial charge in [-0.15, -0.1) is 0 Å². The molecule has 2 aromatic rings. The van der Waals surface area contributed by atoms with Crippen LogP contribution in [0, 0.1) is 0 Å². The molecule has 0 radical (unpaired) electrons. The molecule has 8 nitrogen and oxygen atoms in total. The van der Waals surface area contributed by atoms with Gasteiger partial charge < -0.3 is 30.7 Å². The van der Waals surface area contributed by atoms with Gasteiger partial charge in [0.25, 0.3) is 11.8 Å². The number of amides is 1. The summed E-state index contributed by atoms with van der Waals surface area (Å²) >= 11 is 0. The van der Waals surface area contributed by atoms with E-state index < -0.39 is 12.0 Å². The van der Waals surface area contributed by atoms with E-state index in [9.17, 15) is 13.6 Å². The Morgan fingerprint density at radius 3 is 2.63 bits per heavy atom. The van der Waals surface area contributed by atoms with Crippen LogP contribution in [0.1, 0.15) is 66.7 Å². The molecule has 43 heavy (non-hydrogen) atoms. The largest absolute Gasteiger partial charge is 0.495 e. The maximum atomic E-state index is 14.8. The highest BCUT2D eigenvalue weighted by Gasteiger charge is 2.34. The molecule has 1 atom stereocenters. The zero-order valence-electron chi connectivity index (χ0n) is 25.9. The molecule has 0 bridgehead atoms. The van der Waals surface area contributed by atoms with E-state index in [1.54, 1.807) is 31.5 Å². The minimum atomic E-state index is -3.22. The topological polar surface area (TPSA) is 101 Å². The van der Waals surface area contributed by atoms with Crippen molar-refractivity contribution in [3.8, 4) is 5.75 Å². The van der Waals surface area contributed by atoms with Crippen LogP contribution in [0.25, 0.3) is 0 Å². The molecule has 3 rings (SSSR count). The van der Waals surface area contributed by atoms with E-state index in [1.807, 2.05) is 44.9 Å². The maximum absolute atomic E-state index is 14.8. The molecule has 2 aromatic carbocycles.